The third-order valence-corrected chi connectivity index (χ3v) is 2.54. The topological polar surface area (TPSA) is 69.1 Å². The first-order valence-electron chi connectivity index (χ1n) is 3.97. The summed E-state index contributed by atoms with van der Waals surface area (Å²) in [5.74, 6) is 0.204. The van der Waals surface area contributed by atoms with Crippen LogP contribution in [-0.2, 0) is 4.79 Å². The van der Waals surface area contributed by atoms with Crippen LogP contribution in [0.4, 0.5) is 0 Å². The van der Waals surface area contributed by atoms with Crippen LogP contribution in [0.3, 0.4) is 0 Å². The summed E-state index contributed by atoms with van der Waals surface area (Å²) in [6.45, 7) is 4.33. The van der Waals surface area contributed by atoms with E-state index >= 15 is 0 Å². The zero-order valence-corrected chi connectivity index (χ0v) is 7.13. The van der Waals surface area contributed by atoms with Gasteiger partial charge in [0.05, 0.1) is 0 Å². The second kappa shape index (κ2) is 2.48. The molecule has 1 aliphatic rings. The van der Waals surface area contributed by atoms with Gasteiger partial charge >= 0.3 is 0 Å². The van der Waals surface area contributed by atoms with Crippen molar-refractivity contribution in [3.8, 4) is 0 Å². The van der Waals surface area contributed by atoms with Crippen LogP contribution in [0.5, 0.6) is 0 Å². The Labute approximate surface area is 67.1 Å². The zero-order chi connectivity index (χ0) is 8.65. The molecule has 3 nitrogen and oxygen atoms in total. The summed E-state index contributed by atoms with van der Waals surface area (Å²) in [5, 5.41) is 0. The van der Waals surface area contributed by atoms with Crippen LogP contribution < -0.4 is 11.5 Å². The highest BCUT2D eigenvalue weighted by molar-refractivity contribution is 5.74. The molecule has 1 fully saturated rings. The van der Waals surface area contributed by atoms with Gasteiger partial charge in [-0.15, -0.1) is 0 Å². The van der Waals surface area contributed by atoms with Crippen molar-refractivity contribution in [3.05, 3.63) is 0 Å². The third-order valence-electron chi connectivity index (χ3n) is 2.54. The molecule has 0 aliphatic heterocycles. The Morgan fingerprint density at radius 1 is 1.73 bits per heavy atom. The Morgan fingerprint density at radius 3 is 2.45 bits per heavy atom. The molecular weight excluding hydrogens is 140 g/mol. The van der Waals surface area contributed by atoms with Gasteiger partial charge in [-0.3, -0.25) is 4.79 Å². The van der Waals surface area contributed by atoms with Crippen molar-refractivity contribution < 1.29 is 4.79 Å². The highest BCUT2D eigenvalue weighted by Crippen LogP contribution is 2.53. The van der Waals surface area contributed by atoms with E-state index in [1.54, 1.807) is 0 Å². The van der Waals surface area contributed by atoms with Crippen LogP contribution in [0.25, 0.3) is 0 Å². The number of amides is 1. The Balaban J connectivity index is 2.34. The van der Waals surface area contributed by atoms with Gasteiger partial charge in [-0.25, -0.2) is 0 Å². The molecule has 1 amide bonds. The maximum atomic E-state index is 10.5. The number of hydrogen-bond donors (Lipinski definition) is 2. The Morgan fingerprint density at radius 2 is 2.18 bits per heavy atom. The minimum atomic E-state index is -0.291. The van der Waals surface area contributed by atoms with Gasteiger partial charge in [0.2, 0.25) is 5.91 Å². The maximum Gasteiger partial charge on any atom is 0.218 e. The number of rotatable bonds is 3. The van der Waals surface area contributed by atoms with Gasteiger partial charge in [0.15, 0.2) is 0 Å². The van der Waals surface area contributed by atoms with Gasteiger partial charge in [-0.05, 0) is 17.8 Å². The molecule has 3 heteroatoms. The predicted molar refractivity (Wildman–Crippen MR) is 43.7 cm³/mol. The molecule has 4 N–H and O–H groups in total. The van der Waals surface area contributed by atoms with Crippen molar-refractivity contribution in [3.63, 3.8) is 0 Å². The monoisotopic (exact) mass is 156 g/mol. The van der Waals surface area contributed by atoms with Gasteiger partial charge in [0.25, 0.3) is 0 Å². The highest BCUT2D eigenvalue weighted by Gasteiger charge is 2.48. The molecule has 0 heterocycles. The van der Waals surface area contributed by atoms with E-state index in [1.165, 1.54) is 0 Å². The molecule has 0 radical (unpaired) electrons. The smallest absolute Gasteiger partial charge is 0.218 e. The zero-order valence-electron chi connectivity index (χ0n) is 7.13. The fourth-order valence-electron chi connectivity index (χ4n) is 1.61. The van der Waals surface area contributed by atoms with E-state index in [4.69, 9.17) is 11.5 Å². The number of hydrogen-bond acceptors (Lipinski definition) is 2. The van der Waals surface area contributed by atoms with E-state index in [2.05, 4.69) is 13.8 Å². The molecule has 1 saturated carbocycles. The molecule has 0 bridgehead atoms. The van der Waals surface area contributed by atoms with Crippen LogP contribution in [0.1, 0.15) is 26.7 Å². The molecule has 2 atom stereocenters. The normalized spacial score (nSPS) is 29.5. The average Bonchev–Trinajstić information content (AvgIpc) is 2.38. The molecule has 0 saturated heterocycles. The van der Waals surface area contributed by atoms with Crippen molar-refractivity contribution in [2.75, 3.05) is 0 Å². The van der Waals surface area contributed by atoms with Gasteiger partial charge in [-0.2, -0.15) is 0 Å². The first-order valence-corrected chi connectivity index (χ1v) is 3.97. The summed E-state index contributed by atoms with van der Waals surface area (Å²) in [7, 11) is 0. The number of primary amides is 1. The minimum absolute atomic E-state index is 0.0255. The lowest BCUT2D eigenvalue weighted by atomic mass is 10.0. The van der Waals surface area contributed by atoms with Crippen LogP contribution in [0, 0.1) is 11.3 Å². The van der Waals surface area contributed by atoms with E-state index in [-0.39, 0.29) is 11.9 Å². The lowest BCUT2D eigenvalue weighted by Crippen LogP contribution is -2.30. The molecule has 0 aromatic rings. The molecule has 1 unspecified atom stereocenters. The third kappa shape index (κ3) is 1.93. The fourth-order valence-corrected chi connectivity index (χ4v) is 1.61. The van der Waals surface area contributed by atoms with Crippen molar-refractivity contribution in [1.82, 2.24) is 0 Å². The lowest BCUT2D eigenvalue weighted by molar-refractivity contribution is -0.118. The highest BCUT2D eigenvalue weighted by atomic mass is 16.1. The molecule has 1 rings (SSSR count). The molecule has 1 aliphatic carbocycles. The first-order chi connectivity index (χ1) is 4.93. The van der Waals surface area contributed by atoms with E-state index < -0.39 is 0 Å². The molecule has 64 valence electrons. The first kappa shape index (κ1) is 8.53. The van der Waals surface area contributed by atoms with E-state index in [1.807, 2.05) is 0 Å². The van der Waals surface area contributed by atoms with Crippen molar-refractivity contribution in [1.29, 1.82) is 0 Å². The lowest BCUT2D eigenvalue weighted by Gasteiger charge is -2.10. The number of carbonyl (C=O) groups is 1. The standard InChI is InChI=1S/C8H16N2O/c1-8(2)4-5(8)6(9)3-7(10)11/h5-6H,3-4,9H2,1-2H3,(H2,10,11)/t5?,6-/m1/s1. The number of nitrogens with two attached hydrogens (primary N) is 2. The van der Waals surface area contributed by atoms with E-state index in [0.29, 0.717) is 17.8 Å². The van der Waals surface area contributed by atoms with E-state index in [0.717, 1.165) is 6.42 Å². The molecule has 0 aromatic carbocycles. The predicted octanol–water partition coefficient (Wildman–Crippen LogP) is 0.235. The minimum Gasteiger partial charge on any atom is -0.370 e. The summed E-state index contributed by atoms with van der Waals surface area (Å²) in [6.07, 6.45) is 1.45. The SMILES string of the molecule is CC1(C)CC1[C@H](N)CC(N)=O. The van der Waals surface area contributed by atoms with Crippen LogP contribution in [0.15, 0.2) is 0 Å². The molecule has 0 spiro atoms. The second-order valence-electron chi connectivity index (χ2n) is 4.13. The summed E-state index contributed by atoms with van der Waals surface area (Å²) in [5.41, 5.74) is 11.1. The van der Waals surface area contributed by atoms with Gasteiger partial charge in [0, 0.05) is 12.5 Å². The molecule has 0 aromatic heterocycles. The van der Waals surface area contributed by atoms with Crippen LogP contribution in [-0.4, -0.2) is 11.9 Å². The average molecular weight is 156 g/mol. The quantitative estimate of drug-likeness (QED) is 0.614. The summed E-state index contributed by atoms with van der Waals surface area (Å²) < 4.78 is 0. The molecular formula is C8H16N2O. The summed E-state index contributed by atoms with van der Waals surface area (Å²) in [6, 6.07) is -0.0255. The summed E-state index contributed by atoms with van der Waals surface area (Å²) >= 11 is 0. The Kier molecular flexibility index (Phi) is 1.92. The maximum absolute atomic E-state index is 10.5. The van der Waals surface area contributed by atoms with E-state index in [9.17, 15) is 4.79 Å². The van der Waals surface area contributed by atoms with Crippen molar-refractivity contribution in [2.45, 2.75) is 32.7 Å². The second-order valence-corrected chi connectivity index (χ2v) is 4.13. The Hall–Kier alpha value is -0.570. The van der Waals surface area contributed by atoms with Gasteiger partial charge in [0.1, 0.15) is 0 Å². The van der Waals surface area contributed by atoms with Gasteiger partial charge in [-0.1, -0.05) is 13.8 Å². The summed E-state index contributed by atoms with van der Waals surface area (Å²) in [4.78, 5) is 10.5. The van der Waals surface area contributed by atoms with Crippen LogP contribution in [0.2, 0.25) is 0 Å². The largest absolute Gasteiger partial charge is 0.370 e. The fraction of sp³-hybridized carbons (Fsp3) is 0.875. The van der Waals surface area contributed by atoms with Crippen molar-refractivity contribution >= 4 is 5.91 Å². The van der Waals surface area contributed by atoms with Gasteiger partial charge < -0.3 is 11.5 Å². The molecule has 11 heavy (non-hydrogen) atoms. The van der Waals surface area contributed by atoms with Crippen molar-refractivity contribution in [2.24, 2.45) is 22.8 Å². The Bertz CT molecular complexity index is 177. The number of carbonyl (C=O) groups excluding carboxylic acids is 1. The van der Waals surface area contributed by atoms with Crippen LogP contribution >= 0.6 is 0 Å².